The van der Waals surface area contributed by atoms with Crippen LogP contribution in [0.1, 0.15) is 58.5 Å². The smallest absolute Gasteiger partial charge is 0.256 e. The number of hydrogen-bond acceptors (Lipinski definition) is 4. The fraction of sp³-hybridized carbons (Fsp3) is 0.480. The van der Waals surface area contributed by atoms with E-state index in [4.69, 9.17) is 4.74 Å². The molecular formula is C25H31N3O2. The lowest BCUT2D eigenvalue weighted by Crippen LogP contribution is -2.42. The Morgan fingerprint density at radius 2 is 1.77 bits per heavy atom. The van der Waals surface area contributed by atoms with E-state index in [1.807, 2.05) is 18.2 Å². The summed E-state index contributed by atoms with van der Waals surface area (Å²) in [6.07, 6.45) is 4.30. The van der Waals surface area contributed by atoms with Crippen LogP contribution in [-0.4, -0.2) is 55.1 Å². The van der Waals surface area contributed by atoms with Crippen LogP contribution in [0.4, 0.5) is 0 Å². The third-order valence-corrected chi connectivity index (χ3v) is 6.76. The molecule has 2 aromatic rings. The predicted molar refractivity (Wildman–Crippen MR) is 117 cm³/mol. The van der Waals surface area contributed by atoms with Crippen LogP contribution in [0.2, 0.25) is 0 Å². The van der Waals surface area contributed by atoms with Gasteiger partial charge in [-0.15, -0.1) is 0 Å². The first-order valence-electron chi connectivity index (χ1n) is 11.4. The summed E-state index contributed by atoms with van der Waals surface area (Å²) in [7, 11) is 0. The number of carbonyl (C=O) groups is 1. The minimum atomic E-state index is -0.0467. The zero-order valence-electron chi connectivity index (χ0n) is 17.6. The van der Waals surface area contributed by atoms with Crippen molar-refractivity contribution in [1.29, 1.82) is 0 Å². The molecule has 2 atom stereocenters. The fourth-order valence-corrected chi connectivity index (χ4v) is 5.25. The number of amides is 1. The maximum atomic E-state index is 13.5. The van der Waals surface area contributed by atoms with Gasteiger partial charge >= 0.3 is 0 Å². The topological polar surface area (TPSA) is 44.8 Å². The lowest BCUT2D eigenvalue weighted by Gasteiger charge is -2.37. The van der Waals surface area contributed by atoms with Gasteiger partial charge in [0.2, 0.25) is 0 Å². The van der Waals surface area contributed by atoms with Gasteiger partial charge in [0.1, 0.15) is 6.17 Å². The summed E-state index contributed by atoms with van der Waals surface area (Å²) in [5, 5.41) is 3.73. The van der Waals surface area contributed by atoms with E-state index < -0.39 is 0 Å². The molecule has 5 rings (SSSR count). The maximum Gasteiger partial charge on any atom is 0.256 e. The Kier molecular flexibility index (Phi) is 5.84. The quantitative estimate of drug-likeness (QED) is 0.747. The highest BCUT2D eigenvalue weighted by Gasteiger charge is 2.41. The zero-order chi connectivity index (χ0) is 20.3. The summed E-state index contributed by atoms with van der Waals surface area (Å²) in [6, 6.07) is 16.9. The molecule has 0 saturated carbocycles. The molecule has 5 nitrogen and oxygen atoms in total. The van der Waals surface area contributed by atoms with Crippen LogP contribution in [-0.2, 0) is 11.2 Å². The molecule has 1 fully saturated rings. The third-order valence-electron chi connectivity index (χ3n) is 6.76. The van der Waals surface area contributed by atoms with Crippen molar-refractivity contribution in [2.45, 2.75) is 37.9 Å². The molecule has 3 aliphatic rings. The molecular weight excluding hydrogens is 374 g/mol. The van der Waals surface area contributed by atoms with E-state index >= 15 is 0 Å². The number of ether oxygens (including phenoxy) is 1. The number of rotatable bonds is 6. The number of nitrogens with zero attached hydrogens (tertiary/aromatic N) is 2. The summed E-state index contributed by atoms with van der Waals surface area (Å²) < 4.78 is 5.45. The summed E-state index contributed by atoms with van der Waals surface area (Å²) in [5.74, 6) is 0.165. The van der Waals surface area contributed by atoms with Gasteiger partial charge in [-0.2, -0.15) is 0 Å². The summed E-state index contributed by atoms with van der Waals surface area (Å²) in [4.78, 5) is 18.0. The molecule has 1 N–H and O–H groups in total. The molecule has 1 aliphatic carbocycles. The molecule has 0 radical (unpaired) electrons. The van der Waals surface area contributed by atoms with Crippen LogP contribution in [0.3, 0.4) is 0 Å². The first kappa shape index (κ1) is 19.7. The first-order valence-corrected chi connectivity index (χ1v) is 11.4. The number of fused-ring (bicyclic) bond motifs is 2. The van der Waals surface area contributed by atoms with Crippen molar-refractivity contribution in [2.24, 2.45) is 0 Å². The number of aryl methyl sites for hydroxylation is 1. The minimum absolute atomic E-state index is 0.0467. The van der Waals surface area contributed by atoms with E-state index in [0.717, 1.165) is 76.2 Å². The van der Waals surface area contributed by atoms with Gasteiger partial charge in [0, 0.05) is 24.2 Å². The first-order chi connectivity index (χ1) is 14.8. The Hall–Kier alpha value is -2.21. The Balaban J connectivity index is 1.34. The monoisotopic (exact) mass is 405 g/mol. The number of carbonyl (C=O) groups excluding carboxylic acids is 1. The van der Waals surface area contributed by atoms with E-state index in [9.17, 15) is 4.79 Å². The van der Waals surface area contributed by atoms with Crippen LogP contribution in [0.15, 0.2) is 48.5 Å². The summed E-state index contributed by atoms with van der Waals surface area (Å²) >= 11 is 0. The molecule has 0 spiro atoms. The van der Waals surface area contributed by atoms with Crippen molar-refractivity contribution < 1.29 is 9.53 Å². The number of morpholine rings is 1. The largest absolute Gasteiger partial charge is 0.379 e. The lowest BCUT2D eigenvalue weighted by atomic mass is 9.86. The third kappa shape index (κ3) is 3.78. The highest BCUT2D eigenvalue weighted by atomic mass is 16.5. The molecule has 2 aliphatic heterocycles. The van der Waals surface area contributed by atoms with Crippen LogP contribution in [0.25, 0.3) is 0 Å². The second kappa shape index (κ2) is 8.88. The Bertz CT molecular complexity index is 893. The van der Waals surface area contributed by atoms with Crippen molar-refractivity contribution >= 4 is 5.91 Å². The minimum Gasteiger partial charge on any atom is -0.379 e. The molecule has 5 heteroatoms. The van der Waals surface area contributed by atoms with E-state index in [2.05, 4.69) is 45.4 Å². The van der Waals surface area contributed by atoms with E-state index in [1.165, 1.54) is 11.1 Å². The van der Waals surface area contributed by atoms with Gasteiger partial charge in [0.25, 0.3) is 5.91 Å². The number of nitrogens with one attached hydrogen (secondary N) is 1. The van der Waals surface area contributed by atoms with Crippen LogP contribution in [0, 0.1) is 0 Å². The molecule has 158 valence electrons. The Labute approximate surface area is 179 Å². The molecule has 2 aromatic carbocycles. The SMILES string of the molecule is O=C1c2ccccc2[C@H](NCCCN2CCOCC2)N1[C@H]1CCCc2ccccc21. The summed E-state index contributed by atoms with van der Waals surface area (Å²) in [5.41, 5.74) is 4.69. The molecule has 1 amide bonds. The van der Waals surface area contributed by atoms with Crippen molar-refractivity contribution in [1.82, 2.24) is 15.1 Å². The summed E-state index contributed by atoms with van der Waals surface area (Å²) in [6.45, 7) is 5.70. The van der Waals surface area contributed by atoms with Gasteiger partial charge < -0.3 is 9.64 Å². The van der Waals surface area contributed by atoms with Gasteiger partial charge in [-0.3, -0.25) is 15.0 Å². The second-order valence-electron chi connectivity index (χ2n) is 8.57. The van der Waals surface area contributed by atoms with Crippen LogP contribution >= 0.6 is 0 Å². The second-order valence-corrected chi connectivity index (χ2v) is 8.57. The lowest BCUT2D eigenvalue weighted by molar-refractivity contribution is 0.0365. The number of benzene rings is 2. The molecule has 2 heterocycles. The van der Waals surface area contributed by atoms with E-state index in [0.29, 0.717) is 0 Å². The van der Waals surface area contributed by atoms with Gasteiger partial charge in [0.05, 0.1) is 19.3 Å². The normalized spacial score (nSPS) is 24.0. The van der Waals surface area contributed by atoms with E-state index in [-0.39, 0.29) is 18.1 Å². The van der Waals surface area contributed by atoms with E-state index in [1.54, 1.807) is 0 Å². The van der Waals surface area contributed by atoms with Crippen molar-refractivity contribution in [3.63, 3.8) is 0 Å². The Morgan fingerprint density at radius 3 is 2.63 bits per heavy atom. The highest BCUT2D eigenvalue weighted by Crippen LogP contribution is 2.43. The fourth-order valence-electron chi connectivity index (χ4n) is 5.25. The predicted octanol–water partition coefficient (Wildman–Crippen LogP) is 3.53. The molecule has 0 unspecified atom stereocenters. The standard InChI is InChI=1S/C25H31N3O2/c29-25-22-11-4-3-10-21(22)24(26-13-6-14-27-15-17-30-18-16-27)28(25)23-12-5-8-19-7-1-2-9-20(19)23/h1-4,7,9-11,23-24,26H,5-6,8,12-18H2/t23-,24+/m0/s1. The van der Waals surface area contributed by atoms with Crippen LogP contribution in [0.5, 0.6) is 0 Å². The highest BCUT2D eigenvalue weighted by molar-refractivity contribution is 5.99. The van der Waals surface area contributed by atoms with Crippen molar-refractivity contribution in [2.75, 3.05) is 39.4 Å². The average molecular weight is 406 g/mol. The molecule has 0 bridgehead atoms. The van der Waals surface area contributed by atoms with Crippen molar-refractivity contribution in [3.05, 3.63) is 70.8 Å². The van der Waals surface area contributed by atoms with Gasteiger partial charge in [-0.05, 0) is 56.0 Å². The average Bonchev–Trinajstić information content (AvgIpc) is 3.09. The molecule has 1 saturated heterocycles. The van der Waals surface area contributed by atoms with Crippen molar-refractivity contribution in [3.8, 4) is 0 Å². The maximum absolute atomic E-state index is 13.5. The van der Waals surface area contributed by atoms with Gasteiger partial charge in [-0.25, -0.2) is 0 Å². The molecule has 30 heavy (non-hydrogen) atoms. The Morgan fingerprint density at radius 1 is 1.00 bits per heavy atom. The van der Waals surface area contributed by atoms with Crippen LogP contribution < -0.4 is 5.32 Å². The molecule has 0 aromatic heterocycles. The number of hydrogen-bond donors (Lipinski definition) is 1. The van der Waals surface area contributed by atoms with Gasteiger partial charge in [0.15, 0.2) is 0 Å². The zero-order valence-corrected chi connectivity index (χ0v) is 17.6. The van der Waals surface area contributed by atoms with Gasteiger partial charge in [-0.1, -0.05) is 42.5 Å².